The van der Waals surface area contributed by atoms with Crippen molar-refractivity contribution >= 4 is 10.8 Å². The lowest BCUT2D eigenvalue weighted by molar-refractivity contribution is 1.13. The molecule has 0 aliphatic carbocycles. The zero-order valence-electron chi connectivity index (χ0n) is 54.2. The highest BCUT2D eigenvalue weighted by Crippen LogP contribution is 2.31. The predicted molar refractivity (Wildman–Crippen MR) is 395 cm³/mol. The summed E-state index contributed by atoms with van der Waals surface area (Å²) in [5.74, 6) is 0. The second kappa shape index (κ2) is 33.8. The first-order valence-electron chi connectivity index (χ1n) is 31.6. The second-order valence-electron chi connectivity index (χ2n) is 22.8. The van der Waals surface area contributed by atoms with Gasteiger partial charge in [0.15, 0.2) is 0 Å². The largest absolute Gasteiger partial charge is 0.265 e. The number of aryl methyl sites for hydroxylation is 6. The molecule has 6 heteroatoms. The Kier molecular flexibility index (Phi) is 23.4. The molecular formula is C88H76N6. The first-order chi connectivity index (χ1) is 46.1. The van der Waals surface area contributed by atoms with Crippen LogP contribution in [0.3, 0.4) is 0 Å². The molecule has 458 valence electrons. The van der Waals surface area contributed by atoms with E-state index >= 15 is 0 Å². The maximum absolute atomic E-state index is 4.77. The van der Waals surface area contributed by atoms with Crippen molar-refractivity contribution in [3.05, 3.63) is 386 Å². The van der Waals surface area contributed by atoms with Crippen molar-refractivity contribution in [1.29, 1.82) is 0 Å². The molecule has 10 aromatic carbocycles. The van der Waals surface area contributed by atoms with Crippen LogP contribution in [0, 0.1) is 41.5 Å². The molecule has 5 heterocycles. The van der Waals surface area contributed by atoms with Gasteiger partial charge >= 0.3 is 0 Å². The fourth-order valence-electron chi connectivity index (χ4n) is 10.7. The number of benzene rings is 10. The van der Waals surface area contributed by atoms with E-state index in [2.05, 4.69) is 265 Å². The Morgan fingerprint density at radius 1 is 0.223 bits per heavy atom. The maximum Gasteiger partial charge on any atom is 0.115 e. The Balaban J connectivity index is 0.000000126. The Bertz CT molecular complexity index is 4000. The minimum Gasteiger partial charge on any atom is -0.265 e. The first kappa shape index (κ1) is 65.1. The van der Waals surface area contributed by atoms with Crippen molar-refractivity contribution in [1.82, 2.24) is 29.9 Å². The third kappa shape index (κ3) is 19.3. The van der Waals surface area contributed by atoms with Crippen LogP contribution in [0.2, 0.25) is 0 Å². The van der Waals surface area contributed by atoms with Gasteiger partial charge in [0.2, 0.25) is 0 Å². The molecule has 0 aliphatic rings. The molecule has 0 fully saturated rings. The van der Waals surface area contributed by atoms with Crippen LogP contribution >= 0.6 is 0 Å². The monoisotopic (exact) mass is 1220 g/mol. The summed E-state index contributed by atoms with van der Waals surface area (Å²) in [5, 5.41) is 2.68. The highest BCUT2D eigenvalue weighted by molar-refractivity contribution is 5.85. The van der Waals surface area contributed by atoms with E-state index in [1.807, 2.05) is 136 Å². The molecule has 0 bridgehead atoms. The standard InChI is InChI=1S/4C18H15N.C11H10.C5H6N2/c1-14-12-17(15-8-4-2-5-9-15)13-18(19-14)16-10-6-3-7-11-16;1-14-12-17(15-8-4-2-5-9-15)19-18(13-14)16-10-6-3-7-11-16;1-14-11-16(15-7-3-2-4-8-15)13-17(12-14)18-9-5-6-10-19-18;1-14-11-17(15-5-3-2-4-6-15)13-18(12-14)16-7-9-19-10-8-16;1-9-5-4-7-10-6-2-3-8-11(9)10;1-5-2-6-4-7-3-5/h4*2-13H,1H3;2-8H,1H3;2-4H,1H3. The highest BCUT2D eigenvalue weighted by atomic mass is 14.8. The van der Waals surface area contributed by atoms with Gasteiger partial charge in [-0.3, -0.25) is 15.0 Å². The molecule has 94 heavy (non-hydrogen) atoms. The van der Waals surface area contributed by atoms with E-state index in [-0.39, 0.29) is 0 Å². The third-order valence-corrected chi connectivity index (χ3v) is 15.3. The number of hydrogen-bond acceptors (Lipinski definition) is 6. The lowest BCUT2D eigenvalue weighted by atomic mass is 9.97. The molecule has 0 radical (unpaired) electrons. The number of aromatic nitrogens is 6. The van der Waals surface area contributed by atoms with Gasteiger partial charge in [-0.2, -0.15) is 0 Å². The maximum atomic E-state index is 4.77. The number of rotatable bonds is 8. The first-order valence-corrected chi connectivity index (χ1v) is 31.6. The minimum absolute atomic E-state index is 1.02. The summed E-state index contributed by atoms with van der Waals surface area (Å²) in [5.41, 5.74) is 25.8. The lowest BCUT2D eigenvalue weighted by Gasteiger charge is -2.08. The average Bonchev–Trinajstić information content (AvgIpc) is 1.17. The Hall–Kier alpha value is -11.9. The SMILES string of the molecule is Cc1cc(-c2ccccc2)cc(-c2ccccc2)n1.Cc1cc(-c2ccccc2)cc(-c2ccccn2)c1.Cc1cc(-c2ccccc2)cc(-c2ccncc2)c1.Cc1cc(-c2ccccc2)nc(-c2ccccc2)c1.Cc1cccc2ccccc12.Cc1cncnc1. The zero-order valence-corrected chi connectivity index (χ0v) is 54.2. The van der Waals surface area contributed by atoms with Crippen LogP contribution in [0.4, 0.5) is 0 Å². The normalized spacial score (nSPS) is 10.2. The van der Waals surface area contributed by atoms with Gasteiger partial charge in [0.05, 0.1) is 22.8 Å². The summed E-state index contributed by atoms with van der Waals surface area (Å²) in [4.78, 5) is 25.4. The summed E-state index contributed by atoms with van der Waals surface area (Å²) >= 11 is 0. The fraction of sp³-hybridized carbons (Fsp3) is 0.0682. The van der Waals surface area contributed by atoms with E-state index in [4.69, 9.17) is 4.98 Å². The second-order valence-corrected chi connectivity index (χ2v) is 22.8. The zero-order chi connectivity index (χ0) is 65.1. The van der Waals surface area contributed by atoms with Gasteiger partial charge in [-0.25, -0.2) is 15.0 Å². The molecule has 15 rings (SSSR count). The Morgan fingerprint density at radius 2 is 0.606 bits per heavy atom. The summed E-state index contributed by atoms with van der Waals surface area (Å²) < 4.78 is 0. The van der Waals surface area contributed by atoms with Crippen LogP contribution in [0.25, 0.3) is 100 Å². The molecular weight excluding hydrogens is 1140 g/mol. The van der Waals surface area contributed by atoms with Crippen LogP contribution in [0.15, 0.2) is 353 Å². The Labute approximate surface area is 554 Å². The highest BCUT2D eigenvalue weighted by Gasteiger charge is 2.09. The fourth-order valence-corrected chi connectivity index (χ4v) is 10.7. The van der Waals surface area contributed by atoms with Crippen molar-refractivity contribution in [3.8, 4) is 89.5 Å². The molecule has 0 unspecified atom stereocenters. The van der Waals surface area contributed by atoms with E-state index < -0.39 is 0 Å². The molecule has 6 nitrogen and oxygen atoms in total. The molecule has 0 N–H and O–H groups in total. The van der Waals surface area contributed by atoms with Crippen molar-refractivity contribution in [2.45, 2.75) is 41.5 Å². The van der Waals surface area contributed by atoms with Crippen LogP contribution in [0.5, 0.6) is 0 Å². The van der Waals surface area contributed by atoms with Gasteiger partial charge in [-0.1, -0.05) is 249 Å². The summed E-state index contributed by atoms with van der Waals surface area (Å²) in [6, 6.07) is 109. The molecule has 0 saturated heterocycles. The van der Waals surface area contributed by atoms with E-state index in [1.54, 1.807) is 12.4 Å². The third-order valence-electron chi connectivity index (χ3n) is 15.3. The van der Waals surface area contributed by atoms with E-state index in [1.165, 1.54) is 89.4 Å². The van der Waals surface area contributed by atoms with Gasteiger partial charge < -0.3 is 0 Å². The van der Waals surface area contributed by atoms with Crippen LogP contribution in [-0.4, -0.2) is 29.9 Å². The van der Waals surface area contributed by atoms with Crippen LogP contribution < -0.4 is 0 Å². The number of pyridine rings is 4. The van der Waals surface area contributed by atoms with Gasteiger partial charge in [0.25, 0.3) is 0 Å². The topological polar surface area (TPSA) is 77.3 Å². The molecule has 0 atom stereocenters. The minimum atomic E-state index is 1.02. The van der Waals surface area contributed by atoms with E-state index in [9.17, 15) is 0 Å². The summed E-state index contributed by atoms with van der Waals surface area (Å²) in [6.07, 6.45) is 10.6. The van der Waals surface area contributed by atoms with Crippen molar-refractivity contribution < 1.29 is 0 Å². The van der Waals surface area contributed by atoms with Crippen molar-refractivity contribution in [2.24, 2.45) is 0 Å². The predicted octanol–water partition coefficient (Wildman–Crippen LogP) is 22.8. The van der Waals surface area contributed by atoms with Gasteiger partial charge in [-0.15, -0.1) is 0 Å². The molecule has 0 amide bonds. The molecule has 0 aliphatic heterocycles. The van der Waals surface area contributed by atoms with Gasteiger partial charge in [0, 0.05) is 58.9 Å². The van der Waals surface area contributed by atoms with E-state index in [0.29, 0.717) is 0 Å². The van der Waals surface area contributed by atoms with Gasteiger partial charge in [-0.05, 0) is 191 Å². The number of fused-ring (bicyclic) bond motifs is 1. The summed E-state index contributed by atoms with van der Waals surface area (Å²) in [7, 11) is 0. The quantitative estimate of drug-likeness (QED) is 0.151. The number of nitrogens with zero attached hydrogens (tertiary/aromatic N) is 6. The summed E-state index contributed by atoms with van der Waals surface area (Å²) in [6.45, 7) is 12.5. The van der Waals surface area contributed by atoms with E-state index in [0.717, 1.165) is 50.7 Å². The van der Waals surface area contributed by atoms with Crippen LogP contribution in [0.1, 0.15) is 33.5 Å². The lowest BCUT2D eigenvalue weighted by Crippen LogP contribution is -1.89. The molecule has 0 spiro atoms. The molecule has 15 aromatic rings. The Morgan fingerprint density at radius 3 is 1.05 bits per heavy atom. The van der Waals surface area contributed by atoms with Crippen molar-refractivity contribution in [3.63, 3.8) is 0 Å². The van der Waals surface area contributed by atoms with Gasteiger partial charge in [0.1, 0.15) is 6.33 Å². The molecule has 5 aromatic heterocycles. The van der Waals surface area contributed by atoms with Crippen LogP contribution in [-0.2, 0) is 0 Å². The smallest absolute Gasteiger partial charge is 0.115 e. The average molecular weight is 1220 g/mol. The number of hydrogen-bond donors (Lipinski definition) is 0. The molecule has 0 saturated carbocycles. The van der Waals surface area contributed by atoms with Crippen molar-refractivity contribution in [2.75, 3.05) is 0 Å².